The fraction of sp³-hybridized carbons (Fsp3) is 0.733. The average molecular weight is 293 g/mol. The molecule has 2 rings (SSSR count). The van der Waals surface area contributed by atoms with Crippen molar-refractivity contribution >= 4 is 5.96 Å². The van der Waals surface area contributed by atoms with Gasteiger partial charge in [0.25, 0.3) is 0 Å². The van der Waals surface area contributed by atoms with Crippen LogP contribution < -0.4 is 5.32 Å². The Hall–Kier alpha value is -1.56. The van der Waals surface area contributed by atoms with Crippen LogP contribution in [0.3, 0.4) is 0 Å². The number of nitrogens with one attached hydrogen (secondary N) is 1. The fourth-order valence-corrected chi connectivity index (χ4v) is 2.65. The first-order valence-electron chi connectivity index (χ1n) is 7.75. The third-order valence-corrected chi connectivity index (χ3v) is 3.74. The Morgan fingerprint density at radius 1 is 1.57 bits per heavy atom. The monoisotopic (exact) mass is 293 g/mol. The van der Waals surface area contributed by atoms with E-state index < -0.39 is 0 Å². The summed E-state index contributed by atoms with van der Waals surface area (Å²) in [4.78, 5) is 6.70. The molecule has 0 aromatic carbocycles. The van der Waals surface area contributed by atoms with Crippen molar-refractivity contribution in [1.29, 1.82) is 0 Å². The van der Waals surface area contributed by atoms with Gasteiger partial charge < -0.3 is 15.0 Å². The van der Waals surface area contributed by atoms with E-state index in [-0.39, 0.29) is 0 Å². The Kier molecular flexibility index (Phi) is 6.04. The number of aryl methyl sites for hydroxylation is 1. The molecule has 1 aromatic heterocycles. The molecule has 1 N–H and O–H groups in total. The molecule has 0 saturated carbocycles. The minimum Gasteiger partial charge on any atom is -0.381 e. The predicted octanol–water partition coefficient (Wildman–Crippen LogP) is 1.13. The second kappa shape index (κ2) is 8.02. The number of hydrogen-bond donors (Lipinski definition) is 1. The third kappa shape index (κ3) is 4.74. The summed E-state index contributed by atoms with van der Waals surface area (Å²) >= 11 is 0. The van der Waals surface area contributed by atoms with Crippen LogP contribution in [-0.2, 0) is 11.3 Å². The van der Waals surface area contributed by atoms with E-state index in [9.17, 15) is 0 Å². The zero-order valence-corrected chi connectivity index (χ0v) is 13.4. The number of ether oxygens (including phenoxy) is 1. The van der Waals surface area contributed by atoms with Gasteiger partial charge in [-0.15, -0.1) is 0 Å². The highest BCUT2D eigenvalue weighted by Crippen LogP contribution is 2.16. The first-order valence-corrected chi connectivity index (χ1v) is 7.75. The molecule has 21 heavy (non-hydrogen) atoms. The van der Waals surface area contributed by atoms with Crippen molar-refractivity contribution in [3.63, 3.8) is 0 Å². The minimum atomic E-state index is 0.622. The van der Waals surface area contributed by atoms with Crippen molar-refractivity contribution in [2.75, 3.05) is 39.9 Å². The van der Waals surface area contributed by atoms with Gasteiger partial charge in [0.2, 0.25) is 0 Å². The standard InChI is InChI=1S/C15H27N5O/c1-4-21-12-14-5-7-19(11-14)15(16-3)17-6-8-20-10-13(2)9-18-20/h9-10,14H,4-8,11-12H2,1-3H3,(H,16,17). The number of likely N-dealkylation sites (tertiary alicyclic amines) is 1. The smallest absolute Gasteiger partial charge is 0.193 e. The molecule has 1 fully saturated rings. The lowest BCUT2D eigenvalue weighted by Gasteiger charge is -2.21. The highest BCUT2D eigenvalue weighted by Gasteiger charge is 2.24. The maximum atomic E-state index is 5.52. The van der Waals surface area contributed by atoms with Crippen LogP contribution in [0.25, 0.3) is 0 Å². The van der Waals surface area contributed by atoms with Crippen LogP contribution >= 0.6 is 0 Å². The number of nitrogens with zero attached hydrogens (tertiary/aromatic N) is 4. The number of rotatable bonds is 6. The SMILES string of the molecule is CCOCC1CCN(C(=NC)NCCn2cc(C)cn2)C1. The summed E-state index contributed by atoms with van der Waals surface area (Å²) in [7, 11) is 1.84. The van der Waals surface area contributed by atoms with Crippen molar-refractivity contribution in [2.24, 2.45) is 10.9 Å². The summed E-state index contributed by atoms with van der Waals surface area (Å²) in [6, 6.07) is 0. The Morgan fingerprint density at radius 2 is 2.43 bits per heavy atom. The average Bonchev–Trinajstić information content (AvgIpc) is 3.10. The second-order valence-electron chi connectivity index (χ2n) is 5.51. The van der Waals surface area contributed by atoms with Gasteiger partial charge in [0.05, 0.1) is 19.3 Å². The molecular formula is C15H27N5O. The molecule has 1 aromatic rings. The molecule has 1 atom stereocenters. The van der Waals surface area contributed by atoms with E-state index in [0.29, 0.717) is 5.92 Å². The van der Waals surface area contributed by atoms with Gasteiger partial charge in [0.15, 0.2) is 5.96 Å². The quantitative estimate of drug-likeness (QED) is 0.631. The molecule has 1 aliphatic rings. The molecule has 0 bridgehead atoms. The van der Waals surface area contributed by atoms with Crippen LogP contribution in [-0.4, -0.2) is 60.5 Å². The number of guanidine groups is 1. The normalized spacial score (nSPS) is 19.3. The van der Waals surface area contributed by atoms with Gasteiger partial charge >= 0.3 is 0 Å². The Morgan fingerprint density at radius 3 is 3.10 bits per heavy atom. The Bertz CT molecular complexity index is 457. The zero-order chi connectivity index (χ0) is 15.1. The van der Waals surface area contributed by atoms with Crippen molar-refractivity contribution < 1.29 is 4.74 Å². The first-order chi connectivity index (χ1) is 10.2. The topological polar surface area (TPSA) is 54.7 Å². The molecular weight excluding hydrogens is 266 g/mol. The van der Waals surface area contributed by atoms with Crippen molar-refractivity contribution in [3.8, 4) is 0 Å². The van der Waals surface area contributed by atoms with Crippen LogP contribution in [0.5, 0.6) is 0 Å². The number of aliphatic imine (C=N–C) groups is 1. The van der Waals surface area contributed by atoms with Crippen LogP contribution in [0.2, 0.25) is 0 Å². The molecule has 0 radical (unpaired) electrons. The highest BCUT2D eigenvalue weighted by atomic mass is 16.5. The van der Waals surface area contributed by atoms with E-state index in [1.54, 1.807) is 0 Å². The van der Waals surface area contributed by atoms with Gasteiger partial charge in [0.1, 0.15) is 0 Å². The lowest BCUT2D eigenvalue weighted by atomic mass is 10.1. The Balaban J connectivity index is 1.73. The van der Waals surface area contributed by atoms with Crippen LogP contribution in [0.4, 0.5) is 0 Å². The molecule has 0 spiro atoms. The van der Waals surface area contributed by atoms with Gasteiger partial charge in [-0.1, -0.05) is 0 Å². The maximum Gasteiger partial charge on any atom is 0.193 e. The van der Waals surface area contributed by atoms with E-state index in [1.807, 2.05) is 24.9 Å². The molecule has 6 nitrogen and oxygen atoms in total. The van der Waals surface area contributed by atoms with E-state index in [4.69, 9.17) is 4.74 Å². The maximum absolute atomic E-state index is 5.52. The fourth-order valence-electron chi connectivity index (χ4n) is 2.65. The molecule has 0 amide bonds. The van der Waals surface area contributed by atoms with E-state index in [1.165, 1.54) is 12.0 Å². The summed E-state index contributed by atoms with van der Waals surface area (Å²) in [6.45, 7) is 9.52. The van der Waals surface area contributed by atoms with Gasteiger partial charge in [-0.25, -0.2) is 0 Å². The zero-order valence-electron chi connectivity index (χ0n) is 13.4. The summed E-state index contributed by atoms with van der Waals surface area (Å²) in [5.74, 6) is 1.61. The third-order valence-electron chi connectivity index (χ3n) is 3.74. The van der Waals surface area contributed by atoms with Gasteiger partial charge in [-0.3, -0.25) is 9.67 Å². The van der Waals surface area contributed by atoms with E-state index in [0.717, 1.165) is 45.4 Å². The summed E-state index contributed by atoms with van der Waals surface area (Å²) in [5.41, 5.74) is 1.19. The van der Waals surface area contributed by atoms with Gasteiger partial charge in [-0.2, -0.15) is 5.10 Å². The molecule has 1 aliphatic heterocycles. The number of hydrogen-bond acceptors (Lipinski definition) is 3. The molecule has 1 unspecified atom stereocenters. The molecule has 1 saturated heterocycles. The summed E-state index contributed by atoms with van der Waals surface area (Å²) < 4.78 is 7.48. The van der Waals surface area contributed by atoms with E-state index >= 15 is 0 Å². The highest BCUT2D eigenvalue weighted by molar-refractivity contribution is 5.80. The van der Waals surface area contributed by atoms with Crippen LogP contribution in [0.1, 0.15) is 18.9 Å². The minimum absolute atomic E-state index is 0.622. The molecule has 2 heterocycles. The lowest BCUT2D eigenvalue weighted by Crippen LogP contribution is -2.41. The Labute approximate surface area is 127 Å². The molecule has 118 valence electrons. The van der Waals surface area contributed by atoms with Crippen molar-refractivity contribution in [3.05, 3.63) is 18.0 Å². The largest absolute Gasteiger partial charge is 0.381 e. The second-order valence-corrected chi connectivity index (χ2v) is 5.51. The predicted molar refractivity (Wildman–Crippen MR) is 84.5 cm³/mol. The molecule has 6 heteroatoms. The van der Waals surface area contributed by atoms with Gasteiger partial charge in [-0.05, 0) is 25.8 Å². The lowest BCUT2D eigenvalue weighted by molar-refractivity contribution is 0.114. The van der Waals surface area contributed by atoms with Gasteiger partial charge in [0, 0.05) is 45.4 Å². The van der Waals surface area contributed by atoms with Crippen LogP contribution in [0, 0.1) is 12.8 Å². The van der Waals surface area contributed by atoms with Crippen LogP contribution in [0.15, 0.2) is 17.4 Å². The first kappa shape index (κ1) is 15.8. The van der Waals surface area contributed by atoms with Crippen molar-refractivity contribution in [1.82, 2.24) is 20.0 Å². The number of aromatic nitrogens is 2. The molecule has 0 aliphatic carbocycles. The summed E-state index contributed by atoms with van der Waals surface area (Å²) in [5, 5.41) is 7.71. The van der Waals surface area contributed by atoms with E-state index in [2.05, 4.69) is 33.4 Å². The van der Waals surface area contributed by atoms with Crippen molar-refractivity contribution in [2.45, 2.75) is 26.8 Å². The summed E-state index contributed by atoms with van der Waals surface area (Å²) in [6.07, 6.45) is 5.12.